The van der Waals surface area contributed by atoms with Gasteiger partial charge < -0.3 is 15.5 Å². The van der Waals surface area contributed by atoms with Gasteiger partial charge in [-0.05, 0) is 43.5 Å². The van der Waals surface area contributed by atoms with E-state index in [1.165, 1.54) is 32.5 Å². The van der Waals surface area contributed by atoms with Gasteiger partial charge in [0.15, 0.2) is 0 Å². The summed E-state index contributed by atoms with van der Waals surface area (Å²) in [5.41, 5.74) is 1.99. The van der Waals surface area contributed by atoms with E-state index in [-0.39, 0.29) is 11.8 Å². The fourth-order valence-electron chi connectivity index (χ4n) is 3.33. The number of rotatable bonds is 4. The molecule has 2 bridgehead atoms. The van der Waals surface area contributed by atoms with Gasteiger partial charge in [0.25, 0.3) is 0 Å². The molecule has 0 aromatic heterocycles. The Morgan fingerprint density at radius 3 is 2.81 bits per heavy atom. The Kier molecular flexibility index (Phi) is 4.15. The zero-order valence-electron chi connectivity index (χ0n) is 12.9. The van der Waals surface area contributed by atoms with E-state index >= 15 is 0 Å². The molecule has 2 aliphatic rings. The van der Waals surface area contributed by atoms with Gasteiger partial charge in [-0.2, -0.15) is 0 Å². The lowest BCUT2D eigenvalue weighted by molar-refractivity contribution is -0.118. The van der Waals surface area contributed by atoms with Crippen molar-refractivity contribution in [3.8, 4) is 0 Å². The Bertz CT molecular complexity index is 515. The van der Waals surface area contributed by atoms with Gasteiger partial charge in [0.05, 0.1) is 0 Å². The molecule has 0 saturated carbocycles. The van der Waals surface area contributed by atoms with Gasteiger partial charge in [-0.15, -0.1) is 0 Å². The molecule has 3 atom stereocenters. The lowest BCUT2D eigenvalue weighted by Crippen LogP contribution is -2.39. The molecular weight excluding hydrogens is 262 g/mol. The van der Waals surface area contributed by atoms with Crippen molar-refractivity contribution in [3.63, 3.8) is 0 Å². The predicted molar refractivity (Wildman–Crippen MR) is 86.5 cm³/mol. The topological polar surface area (TPSA) is 44.4 Å². The van der Waals surface area contributed by atoms with Crippen LogP contribution in [0.2, 0.25) is 0 Å². The van der Waals surface area contributed by atoms with Crippen molar-refractivity contribution in [2.24, 2.45) is 11.8 Å². The van der Waals surface area contributed by atoms with Crippen LogP contribution in [-0.4, -0.2) is 36.5 Å². The van der Waals surface area contributed by atoms with Crippen molar-refractivity contribution in [2.75, 3.05) is 30.3 Å². The number of hydrogen-bond acceptors (Lipinski definition) is 3. The number of piperidine rings is 1. The molecule has 1 amide bonds. The van der Waals surface area contributed by atoms with Crippen molar-refractivity contribution in [3.05, 3.63) is 24.3 Å². The summed E-state index contributed by atoms with van der Waals surface area (Å²) in [6, 6.07) is 8.65. The molecule has 3 rings (SSSR count). The molecular formula is C17H25N3O. The summed E-state index contributed by atoms with van der Waals surface area (Å²) in [5, 5.41) is 6.64. The van der Waals surface area contributed by atoms with E-state index < -0.39 is 0 Å². The monoisotopic (exact) mass is 287 g/mol. The molecule has 0 spiro atoms. The van der Waals surface area contributed by atoms with Gasteiger partial charge in [0, 0.05) is 36.4 Å². The normalized spacial score (nSPS) is 27.7. The summed E-state index contributed by atoms with van der Waals surface area (Å²) < 4.78 is 0. The molecule has 2 fully saturated rings. The Labute approximate surface area is 126 Å². The van der Waals surface area contributed by atoms with E-state index in [9.17, 15) is 4.79 Å². The van der Waals surface area contributed by atoms with Crippen molar-refractivity contribution in [2.45, 2.75) is 32.7 Å². The fraction of sp³-hybridized carbons (Fsp3) is 0.588. The largest absolute Gasteiger partial charge is 0.382 e. The van der Waals surface area contributed by atoms with Gasteiger partial charge >= 0.3 is 0 Å². The van der Waals surface area contributed by atoms with Crippen LogP contribution in [0.5, 0.6) is 0 Å². The standard InChI is InChI=1S/C17H25N3O/c1-12(2)17(21)19-15-5-3-4-14(10-15)18-16-7-9-20-8-6-13(16)11-20/h3-5,10,12-13,16,18H,6-9,11H2,1-2H3,(H,19,21). The van der Waals surface area contributed by atoms with Crippen LogP contribution in [-0.2, 0) is 4.79 Å². The molecule has 1 aromatic rings. The third-order valence-corrected chi connectivity index (χ3v) is 4.64. The van der Waals surface area contributed by atoms with Crippen LogP contribution in [0.4, 0.5) is 11.4 Å². The number of anilines is 2. The zero-order valence-corrected chi connectivity index (χ0v) is 12.9. The second-order valence-electron chi connectivity index (χ2n) is 6.61. The van der Waals surface area contributed by atoms with Gasteiger partial charge in [0.1, 0.15) is 0 Å². The van der Waals surface area contributed by atoms with E-state index in [0.717, 1.165) is 17.3 Å². The van der Waals surface area contributed by atoms with E-state index in [2.05, 4.69) is 21.6 Å². The maximum atomic E-state index is 11.8. The first-order chi connectivity index (χ1) is 10.1. The van der Waals surface area contributed by atoms with Gasteiger partial charge in [-0.25, -0.2) is 0 Å². The molecule has 3 unspecified atom stereocenters. The summed E-state index contributed by atoms with van der Waals surface area (Å²) in [7, 11) is 0. The molecule has 2 aliphatic heterocycles. The van der Waals surface area contributed by atoms with E-state index in [1.807, 2.05) is 32.0 Å². The summed E-state index contributed by atoms with van der Waals surface area (Å²) >= 11 is 0. The summed E-state index contributed by atoms with van der Waals surface area (Å²) in [6.45, 7) is 7.52. The number of nitrogens with one attached hydrogen (secondary N) is 2. The first-order valence-electron chi connectivity index (χ1n) is 8.01. The highest BCUT2D eigenvalue weighted by Gasteiger charge is 2.34. The van der Waals surface area contributed by atoms with Crippen LogP contribution in [0.25, 0.3) is 0 Å². The Hall–Kier alpha value is -1.55. The maximum Gasteiger partial charge on any atom is 0.226 e. The molecule has 21 heavy (non-hydrogen) atoms. The number of carbonyl (C=O) groups is 1. The lowest BCUT2D eigenvalue weighted by Gasteiger charge is -2.31. The van der Waals surface area contributed by atoms with E-state index in [4.69, 9.17) is 0 Å². The fourth-order valence-corrected chi connectivity index (χ4v) is 3.33. The molecule has 2 heterocycles. The maximum absolute atomic E-state index is 11.8. The van der Waals surface area contributed by atoms with Crippen molar-refractivity contribution in [1.82, 2.24) is 4.90 Å². The van der Waals surface area contributed by atoms with Crippen molar-refractivity contribution < 1.29 is 4.79 Å². The predicted octanol–water partition coefficient (Wildman–Crippen LogP) is 2.79. The third kappa shape index (κ3) is 3.38. The number of amides is 1. The third-order valence-electron chi connectivity index (χ3n) is 4.64. The molecule has 114 valence electrons. The quantitative estimate of drug-likeness (QED) is 0.895. The zero-order chi connectivity index (χ0) is 14.8. The van der Waals surface area contributed by atoms with Crippen molar-refractivity contribution in [1.29, 1.82) is 0 Å². The van der Waals surface area contributed by atoms with Gasteiger partial charge in [-0.1, -0.05) is 19.9 Å². The number of hydrogen-bond donors (Lipinski definition) is 2. The molecule has 1 aromatic carbocycles. The molecule has 0 aliphatic carbocycles. The Morgan fingerprint density at radius 1 is 1.24 bits per heavy atom. The van der Waals surface area contributed by atoms with Crippen LogP contribution >= 0.6 is 0 Å². The number of carbonyl (C=O) groups excluding carboxylic acids is 1. The summed E-state index contributed by atoms with van der Waals surface area (Å²) in [6.07, 6.45) is 2.52. The SMILES string of the molecule is CC(C)C(=O)Nc1cccc(NC2CCN3CCC2C3)c1. The highest BCUT2D eigenvalue weighted by molar-refractivity contribution is 5.92. The minimum Gasteiger partial charge on any atom is -0.382 e. The Balaban J connectivity index is 1.64. The smallest absolute Gasteiger partial charge is 0.226 e. The van der Waals surface area contributed by atoms with Crippen LogP contribution in [0.1, 0.15) is 26.7 Å². The molecule has 4 nitrogen and oxygen atoms in total. The lowest BCUT2D eigenvalue weighted by atomic mass is 9.94. The van der Waals surface area contributed by atoms with E-state index in [1.54, 1.807) is 0 Å². The second kappa shape index (κ2) is 6.06. The average molecular weight is 287 g/mol. The van der Waals surface area contributed by atoms with Crippen LogP contribution in [0.15, 0.2) is 24.3 Å². The summed E-state index contributed by atoms with van der Waals surface area (Å²) in [4.78, 5) is 14.3. The second-order valence-corrected chi connectivity index (χ2v) is 6.61. The van der Waals surface area contributed by atoms with Crippen molar-refractivity contribution >= 4 is 17.3 Å². The minimum absolute atomic E-state index is 0.00410. The molecule has 2 N–H and O–H groups in total. The molecule has 2 saturated heterocycles. The number of benzene rings is 1. The average Bonchev–Trinajstić information content (AvgIpc) is 2.85. The number of fused-ring (bicyclic) bond motifs is 2. The number of nitrogens with zero attached hydrogens (tertiary/aromatic N) is 1. The molecule has 4 heteroatoms. The van der Waals surface area contributed by atoms with Crippen LogP contribution in [0.3, 0.4) is 0 Å². The Morgan fingerprint density at radius 2 is 2.00 bits per heavy atom. The highest BCUT2D eigenvalue weighted by Crippen LogP contribution is 2.30. The minimum atomic E-state index is 0.00410. The van der Waals surface area contributed by atoms with E-state index in [0.29, 0.717) is 6.04 Å². The molecule has 0 radical (unpaired) electrons. The van der Waals surface area contributed by atoms with Gasteiger partial charge in [-0.3, -0.25) is 4.79 Å². The van der Waals surface area contributed by atoms with Crippen LogP contribution < -0.4 is 10.6 Å². The first-order valence-corrected chi connectivity index (χ1v) is 8.01. The highest BCUT2D eigenvalue weighted by atomic mass is 16.1. The van der Waals surface area contributed by atoms with Gasteiger partial charge in [0.2, 0.25) is 5.91 Å². The first kappa shape index (κ1) is 14.4. The summed E-state index contributed by atoms with van der Waals surface area (Å²) in [5.74, 6) is 0.841. The van der Waals surface area contributed by atoms with Crippen LogP contribution in [0, 0.1) is 11.8 Å².